The minimum absolute atomic E-state index is 0.0178. The van der Waals surface area contributed by atoms with Crippen molar-refractivity contribution < 1.29 is 14.7 Å². The van der Waals surface area contributed by atoms with Gasteiger partial charge in [-0.15, -0.1) is 0 Å². The Kier molecular flexibility index (Phi) is 8.28. The van der Waals surface area contributed by atoms with Gasteiger partial charge in [-0.1, -0.05) is 56.6 Å². The molecule has 0 saturated heterocycles. The van der Waals surface area contributed by atoms with Gasteiger partial charge >= 0.3 is 5.97 Å². The molecule has 1 aliphatic rings. The van der Waals surface area contributed by atoms with E-state index >= 15 is 0 Å². The molecule has 1 unspecified atom stereocenters. The van der Waals surface area contributed by atoms with Gasteiger partial charge in [-0.25, -0.2) is 4.79 Å². The number of carboxylic acids is 1. The van der Waals surface area contributed by atoms with E-state index in [0.717, 1.165) is 42.4 Å². The topological polar surface area (TPSA) is 66.4 Å². The summed E-state index contributed by atoms with van der Waals surface area (Å²) in [5.41, 5.74) is 3.72. The Hall–Kier alpha value is -2.43. The third-order valence-corrected chi connectivity index (χ3v) is 7.64. The van der Waals surface area contributed by atoms with Crippen LogP contribution in [0.1, 0.15) is 93.4 Å². The van der Waals surface area contributed by atoms with Crippen LogP contribution in [0.3, 0.4) is 0 Å². The number of nitrogens with one attached hydrogen (secondary N) is 1. The van der Waals surface area contributed by atoms with Gasteiger partial charge < -0.3 is 10.4 Å². The molecule has 3 rings (SSSR count). The molecule has 0 amide bonds. The summed E-state index contributed by atoms with van der Waals surface area (Å²) >= 11 is 6.35. The Morgan fingerprint density at radius 3 is 2.17 bits per heavy atom. The zero-order chi connectivity index (χ0) is 26.0. The minimum atomic E-state index is -0.931. The van der Waals surface area contributed by atoms with Gasteiger partial charge in [-0.3, -0.25) is 4.79 Å². The fraction of sp³-hybridized carbons (Fsp3) is 0.467. The van der Waals surface area contributed by atoms with Crippen LogP contribution < -0.4 is 5.32 Å². The quantitative estimate of drug-likeness (QED) is 0.387. The highest BCUT2D eigenvalue weighted by Crippen LogP contribution is 2.44. The molecule has 35 heavy (non-hydrogen) atoms. The van der Waals surface area contributed by atoms with Gasteiger partial charge in [0.2, 0.25) is 0 Å². The van der Waals surface area contributed by atoms with Crippen molar-refractivity contribution in [2.45, 2.75) is 78.8 Å². The summed E-state index contributed by atoms with van der Waals surface area (Å²) in [6.45, 7) is 12.6. The highest BCUT2D eigenvalue weighted by Gasteiger charge is 2.39. The molecule has 188 valence electrons. The van der Waals surface area contributed by atoms with Crippen molar-refractivity contribution in [2.24, 2.45) is 11.3 Å². The van der Waals surface area contributed by atoms with Crippen LogP contribution in [0.4, 0.5) is 0 Å². The summed E-state index contributed by atoms with van der Waals surface area (Å²) in [5, 5.41) is 13.7. The van der Waals surface area contributed by atoms with E-state index in [4.69, 9.17) is 11.6 Å². The standard InChI is InChI=1S/C30H38ClNO3/c1-19-15-24(17-26(31)16-19)27(21(3)33)18-30(13-11-25(12-14-30)29(4,5)6)32-20(2)22-7-9-23(10-8-22)28(34)35/h7-10,15-18,20,25,32H,11-14H2,1-6H3,(H,34,35). The number of Topliss-reactive ketones (excluding diaryl/α,β-unsaturated/α-hetero) is 1. The number of carbonyl (C=O) groups excluding carboxylic acids is 1. The van der Waals surface area contributed by atoms with E-state index in [2.05, 4.69) is 39.1 Å². The van der Waals surface area contributed by atoms with Crippen LogP contribution >= 0.6 is 11.6 Å². The molecule has 2 N–H and O–H groups in total. The second-order valence-corrected chi connectivity index (χ2v) is 11.7. The predicted octanol–water partition coefficient (Wildman–Crippen LogP) is 7.64. The average molecular weight is 496 g/mol. The fourth-order valence-corrected chi connectivity index (χ4v) is 5.60. The smallest absolute Gasteiger partial charge is 0.335 e. The zero-order valence-corrected chi connectivity index (χ0v) is 22.5. The molecule has 0 heterocycles. The molecule has 1 aliphatic carbocycles. The Morgan fingerprint density at radius 2 is 1.69 bits per heavy atom. The molecule has 1 fully saturated rings. The number of aromatic carboxylic acids is 1. The van der Waals surface area contributed by atoms with Crippen LogP contribution in [0.2, 0.25) is 5.02 Å². The van der Waals surface area contributed by atoms with Crippen molar-refractivity contribution in [1.82, 2.24) is 5.32 Å². The normalized spacial score (nSPS) is 22.0. The van der Waals surface area contributed by atoms with Crippen LogP contribution in [0.5, 0.6) is 0 Å². The summed E-state index contributed by atoms with van der Waals surface area (Å²) in [7, 11) is 0. The lowest BCUT2D eigenvalue weighted by molar-refractivity contribution is -0.111. The Morgan fingerprint density at radius 1 is 1.09 bits per heavy atom. The molecule has 0 spiro atoms. The second-order valence-electron chi connectivity index (χ2n) is 11.2. The highest BCUT2D eigenvalue weighted by molar-refractivity contribution is 6.31. The number of rotatable bonds is 7. The molecule has 0 aromatic heterocycles. The van der Waals surface area contributed by atoms with E-state index in [1.165, 1.54) is 0 Å². The zero-order valence-electron chi connectivity index (χ0n) is 21.7. The molecule has 2 aromatic rings. The maximum absolute atomic E-state index is 12.9. The maximum Gasteiger partial charge on any atom is 0.335 e. The molecule has 0 bridgehead atoms. The van der Waals surface area contributed by atoms with Gasteiger partial charge in [-0.05, 0) is 98.7 Å². The fourth-order valence-electron chi connectivity index (χ4n) is 5.31. The number of carbonyl (C=O) groups is 2. The Bertz CT molecular complexity index is 1080. The first-order chi connectivity index (χ1) is 16.3. The molecular formula is C30H38ClNO3. The van der Waals surface area contributed by atoms with E-state index in [9.17, 15) is 14.7 Å². The first kappa shape index (κ1) is 27.2. The number of allylic oxidation sites excluding steroid dienone is 1. The third-order valence-electron chi connectivity index (χ3n) is 7.42. The Balaban J connectivity index is 2.00. The van der Waals surface area contributed by atoms with Crippen molar-refractivity contribution in [3.63, 3.8) is 0 Å². The molecular weight excluding hydrogens is 458 g/mol. The number of ketones is 1. The van der Waals surface area contributed by atoms with Gasteiger partial charge in [0.05, 0.1) is 5.56 Å². The van der Waals surface area contributed by atoms with E-state index in [0.29, 0.717) is 16.5 Å². The lowest BCUT2D eigenvalue weighted by Crippen LogP contribution is -2.49. The SMILES string of the molecule is CC(=O)C(=CC1(NC(C)c2ccc(C(=O)O)cc2)CCC(C(C)(C)C)CC1)c1cc(C)cc(Cl)c1. The second kappa shape index (κ2) is 10.7. The van der Waals surface area contributed by atoms with Crippen molar-refractivity contribution in [2.75, 3.05) is 0 Å². The van der Waals surface area contributed by atoms with Crippen molar-refractivity contribution in [3.05, 3.63) is 75.8 Å². The van der Waals surface area contributed by atoms with Crippen LogP contribution in [0, 0.1) is 18.3 Å². The van der Waals surface area contributed by atoms with Gasteiger partial charge in [-0.2, -0.15) is 0 Å². The van der Waals surface area contributed by atoms with Crippen LogP contribution in [0.25, 0.3) is 5.57 Å². The maximum atomic E-state index is 12.9. The van der Waals surface area contributed by atoms with Crippen molar-refractivity contribution in [1.29, 1.82) is 0 Å². The lowest BCUT2D eigenvalue weighted by atomic mass is 9.66. The van der Waals surface area contributed by atoms with E-state index in [1.807, 2.05) is 37.3 Å². The summed E-state index contributed by atoms with van der Waals surface area (Å²) in [4.78, 5) is 24.1. The van der Waals surface area contributed by atoms with E-state index in [-0.39, 0.29) is 28.3 Å². The van der Waals surface area contributed by atoms with Crippen molar-refractivity contribution in [3.8, 4) is 0 Å². The molecule has 0 radical (unpaired) electrons. The van der Waals surface area contributed by atoms with Gasteiger partial charge in [0, 0.05) is 22.2 Å². The monoisotopic (exact) mass is 495 g/mol. The average Bonchev–Trinajstić information content (AvgIpc) is 2.76. The number of aryl methyl sites for hydroxylation is 1. The highest BCUT2D eigenvalue weighted by atomic mass is 35.5. The first-order valence-electron chi connectivity index (χ1n) is 12.4. The third kappa shape index (κ3) is 6.83. The summed E-state index contributed by atoms with van der Waals surface area (Å²) in [6.07, 6.45) is 6.11. The molecule has 0 aliphatic heterocycles. The predicted molar refractivity (Wildman–Crippen MR) is 144 cm³/mol. The molecule has 1 saturated carbocycles. The van der Waals surface area contributed by atoms with Crippen molar-refractivity contribution >= 4 is 28.9 Å². The van der Waals surface area contributed by atoms with E-state index in [1.54, 1.807) is 19.1 Å². The summed E-state index contributed by atoms with van der Waals surface area (Å²) in [5.74, 6) is -0.297. The largest absolute Gasteiger partial charge is 0.478 e. The number of benzene rings is 2. The number of hydrogen-bond acceptors (Lipinski definition) is 3. The first-order valence-corrected chi connectivity index (χ1v) is 12.8. The van der Waals surface area contributed by atoms with Crippen LogP contribution in [-0.2, 0) is 4.79 Å². The molecule has 1 atom stereocenters. The van der Waals surface area contributed by atoms with Gasteiger partial charge in [0.25, 0.3) is 0 Å². The Labute approximate surface area is 214 Å². The minimum Gasteiger partial charge on any atom is -0.478 e. The van der Waals surface area contributed by atoms with E-state index < -0.39 is 5.97 Å². The van der Waals surface area contributed by atoms with Gasteiger partial charge in [0.1, 0.15) is 0 Å². The summed E-state index contributed by atoms with van der Waals surface area (Å²) < 4.78 is 0. The molecule has 5 heteroatoms. The lowest BCUT2D eigenvalue weighted by Gasteiger charge is -2.45. The number of halogens is 1. The number of carboxylic acid groups (broad SMARTS) is 1. The number of hydrogen-bond donors (Lipinski definition) is 2. The molecule has 4 nitrogen and oxygen atoms in total. The molecule has 2 aromatic carbocycles. The van der Waals surface area contributed by atoms with Gasteiger partial charge in [0.15, 0.2) is 5.78 Å². The van der Waals surface area contributed by atoms with Crippen LogP contribution in [0.15, 0.2) is 48.5 Å². The van der Waals surface area contributed by atoms with Crippen LogP contribution in [-0.4, -0.2) is 22.4 Å². The summed E-state index contributed by atoms with van der Waals surface area (Å²) in [6, 6.07) is 12.8.